The Morgan fingerprint density at radius 1 is 0.568 bits per heavy atom. The van der Waals surface area contributed by atoms with Crippen molar-refractivity contribution >= 4 is 23.9 Å². The number of carbonyl (C=O) groups is 4. The van der Waals surface area contributed by atoms with Crippen molar-refractivity contribution in [3.05, 3.63) is 71.8 Å². The van der Waals surface area contributed by atoms with Gasteiger partial charge >= 0.3 is 23.9 Å². The van der Waals surface area contributed by atoms with Crippen LogP contribution < -0.4 is 0 Å². The zero-order chi connectivity index (χ0) is 26.9. The van der Waals surface area contributed by atoms with Crippen molar-refractivity contribution in [3.8, 4) is 0 Å². The van der Waals surface area contributed by atoms with E-state index in [2.05, 4.69) is 0 Å². The molecule has 0 bridgehead atoms. The first-order valence-corrected chi connectivity index (χ1v) is 13.1. The van der Waals surface area contributed by atoms with Crippen LogP contribution in [0, 0.1) is 11.8 Å². The maximum absolute atomic E-state index is 12.8. The lowest BCUT2D eigenvalue weighted by atomic mass is 9.94. The van der Waals surface area contributed by atoms with Gasteiger partial charge in [0, 0.05) is 12.8 Å². The molecule has 2 aromatic carbocycles. The van der Waals surface area contributed by atoms with Gasteiger partial charge in [-0.2, -0.15) is 0 Å². The highest BCUT2D eigenvalue weighted by Gasteiger charge is 2.28. The molecule has 0 aliphatic rings. The van der Waals surface area contributed by atoms with Gasteiger partial charge in [0.25, 0.3) is 0 Å². The van der Waals surface area contributed by atoms with Crippen LogP contribution in [0.25, 0.3) is 0 Å². The van der Waals surface area contributed by atoms with Crippen molar-refractivity contribution in [2.75, 3.05) is 0 Å². The Morgan fingerprint density at radius 2 is 0.946 bits per heavy atom. The highest BCUT2D eigenvalue weighted by Crippen LogP contribution is 2.22. The number of carbonyl (C=O) groups excluding carboxylic acids is 2. The lowest BCUT2D eigenvalue weighted by Crippen LogP contribution is -2.27. The summed E-state index contributed by atoms with van der Waals surface area (Å²) in [6.07, 6.45) is 5.45. The van der Waals surface area contributed by atoms with Crippen LogP contribution in [0.1, 0.15) is 75.3 Å². The molecule has 2 atom stereocenters. The molecule has 7 heteroatoms. The third kappa shape index (κ3) is 12.9. The van der Waals surface area contributed by atoms with Gasteiger partial charge in [-0.25, -0.2) is 0 Å². The summed E-state index contributed by atoms with van der Waals surface area (Å²) < 4.78 is 5.21. The monoisotopic (exact) mass is 510 g/mol. The number of hydrogen-bond acceptors (Lipinski definition) is 5. The molecule has 0 radical (unpaired) electrons. The van der Waals surface area contributed by atoms with Crippen molar-refractivity contribution in [2.45, 2.75) is 77.0 Å². The van der Waals surface area contributed by atoms with Gasteiger partial charge in [0.1, 0.15) is 0 Å². The summed E-state index contributed by atoms with van der Waals surface area (Å²) in [6, 6.07) is 19.9. The third-order valence-electron chi connectivity index (χ3n) is 6.50. The van der Waals surface area contributed by atoms with Gasteiger partial charge in [-0.15, -0.1) is 0 Å². The number of aliphatic carboxylic acids is 2. The molecule has 0 amide bonds. The van der Waals surface area contributed by atoms with Crippen LogP contribution in [0.15, 0.2) is 60.7 Å². The van der Waals surface area contributed by atoms with Crippen LogP contribution in [-0.2, 0) is 36.8 Å². The van der Waals surface area contributed by atoms with Gasteiger partial charge in [-0.3, -0.25) is 19.2 Å². The van der Waals surface area contributed by atoms with Crippen LogP contribution >= 0.6 is 0 Å². The lowest BCUT2D eigenvalue weighted by Gasteiger charge is -2.18. The van der Waals surface area contributed by atoms with Crippen molar-refractivity contribution in [1.82, 2.24) is 0 Å². The second-order valence-corrected chi connectivity index (χ2v) is 9.46. The van der Waals surface area contributed by atoms with E-state index in [-0.39, 0.29) is 25.7 Å². The van der Waals surface area contributed by atoms with E-state index >= 15 is 0 Å². The topological polar surface area (TPSA) is 118 Å². The molecule has 0 aromatic heterocycles. The van der Waals surface area contributed by atoms with Crippen molar-refractivity contribution in [1.29, 1.82) is 0 Å². The molecule has 0 fully saturated rings. The van der Waals surface area contributed by atoms with Crippen molar-refractivity contribution in [3.63, 3.8) is 0 Å². The molecule has 0 saturated carbocycles. The molecule has 37 heavy (non-hydrogen) atoms. The lowest BCUT2D eigenvalue weighted by molar-refractivity contribution is -0.166. The van der Waals surface area contributed by atoms with E-state index in [0.29, 0.717) is 25.7 Å². The number of ether oxygens (including phenoxy) is 1. The average Bonchev–Trinajstić information content (AvgIpc) is 2.88. The average molecular weight is 511 g/mol. The van der Waals surface area contributed by atoms with Gasteiger partial charge in [-0.1, -0.05) is 73.5 Å². The van der Waals surface area contributed by atoms with Gasteiger partial charge in [0.15, 0.2) is 0 Å². The SMILES string of the molecule is O=C(O)CCC(CCCCc1ccccc1)C(=O)OC(=O)C(CCCCc1ccccc1)CCC(=O)O. The predicted octanol–water partition coefficient (Wildman–Crippen LogP) is 5.84. The number of rotatable bonds is 18. The van der Waals surface area contributed by atoms with E-state index in [0.717, 1.165) is 25.7 Å². The summed E-state index contributed by atoms with van der Waals surface area (Å²) >= 11 is 0. The number of esters is 2. The smallest absolute Gasteiger partial charge is 0.316 e. The van der Waals surface area contributed by atoms with Gasteiger partial charge in [0.2, 0.25) is 0 Å². The molecule has 7 nitrogen and oxygen atoms in total. The Bertz CT molecular complexity index is 892. The molecular weight excluding hydrogens is 472 g/mol. The zero-order valence-electron chi connectivity index (χ0n) is 21.3. The number of unbranched alkanes of at least 4 members (excludes halogenated alkanes) is 2. The van der Waals surface area contributed by atoms with Crippen molar-refractivity contribution < 1.29 is 34.1 Å². The fourth-order valence-electron chi connectivity index (χ4n) is 4.35. The number of carboxylic acid groups (broad SMARTS) is 2. The maximum atomic E-state index is 12.8. The van der Waals surface area contributed by atoms with Crippen molar-refractivity contribution in [2.24, 2.45) is 11.8 Å². The molecule has 0 aliphatic carbocycles. The molecule has 2 unspecified atom stereocenters. The molecule has 0 spiro atoms. The molecule has 2 aromatic rings. The van der Waals surface area contributed by atoms with Crippen LogP contribution in [0.2, 0.25) is 0 Å². The minimum atomic E-state index is -1.01. The first-order valence-electron chi connectivity index (χ1n) is 13.1. The fourth-order valence-corrected chi connectivity index (χ4v) is 4.35. The largest absolute Gasteiger partial charge is 0.481 e. The summed E-state index contributed by atoms with van der Waals surface area (Å²) in [5, 5.41) is 18.2. The second kappa shape index (κ2) is 17.1. The predicted molar refractivity (Wildman–Crippen MR) is 140 cm³/mol. The van der Waals surface area contributed by atoms with Crippen LogP contribution in [0.3, 0.4) is 0 Å². The highest BCUT2D eigenvalue weighted by molar-refractivity contribution is 5.88. The number of aryl methyl sites for hydroxylation is 2. The van der Waals surface area contributed by atoms with Crippen LogP contribution in [-0.4, -0.2) is 34.1 Å². The Hall–Kier alpha value is -3.48. The van der Waals surface area contributed by atoms with E-state index in [1.807, 2.05) is 60.7 Å². The summed E-state index contributed by atoms with van der Waals surface area (Å²) in [6.45, 7) is 0. The minimum absolute atomic E-state index is 0.101. The standard InChI is InChI=1S/C30H38O7/c31-27(32)21-19-25(17-9-7-15-23-11-3-1-4-12-23)29(35)37-30(36)26(20-22-28(33)34)18-10-8-16-24-13-5-2-6-14-24/h1-6,11-14,25-26H,7-10,15-22H2,(H,31,32)(H,33,34). The number of carboxylic acids is 2. The Balaban J connectivity index is 1.89. The highest BCUT2D eigenvalue weighted by atomic mass is 16.6. The van der Waals surface area contributed by atoms with E-state index < -0.39 is 35.7 Å². The first-order chi connectivity index (χ1) is 17.8. The number of benzene rings is 2. The quantitative estimate of drug-likeness (QED) is 0.147. The second-order valence-electron chi connectivity index (χ2n) is 9.46. The third-order valence-corrected chi connectivity index (χ3v) is 6.50. The Kier molecular flexibility index (Phi) is 13.7. The van der Waals surface area contributed by atoms with E-state index in [9.17, 15) is 19.2 Å². The summed E-state index contributed by atoms with van der Waals surface area (Å²) in [5.41, 5.74) is 2.38. The maximum Gasteiger partial charge on any atom is 0.316 e. The van der Waals surface area contributed by atoms with Gasteiger partial charge in [0.05, 0.1) is 11.8 Å². The zero-order valence-corrected chi connectivity index (χ0v) is 21.3. The Morgan fingerprint density at radius 3 is 1.30 bits per heavy atom. The molecule has 0 aliphatic heterocycles. The molecular formula is C30H38O7. The summed E-state index contributed by atoms with van der Waals surface area (Å²) in [5.74, 6) is -4.81. The summed E-state index contributed by atoms with van der Waals surface area (Å²) in [7, 11) is 0. The van der Waals surface area contributed by atoms with Crippen LogP contribution in [0.4, 0.5) is 0 Å². The molecule has 200 valence electrons. The fraction of sp³-hybridized carbons (Fsp3) is 0.467. The van der Waals surface area contributed by atoms with E-state index in [4.69, 9.17) is 14.9 Å². The van der Waals surface area contributed by atoms with E-state index in [1.54, 1.807) is 0 Å². The molecule has 0 saturated heterocycles. The van der Waals surface area contributed by atoms with Gasteiger partial charge < -0.3 is 14.9 Å². The first kappa shape index (κ1) is 29.7. The minimum Gasteiger partial charge on any atom is -0.481 e. The normalized spacial score (nSPS) is 12.4. The van der Waals surface area contributed by atoms with Gasteiger partial charge in [-0.05, 0) is 62.5 Å². The van der Waals surface area contributed by atoms with Crippen LogP contribution in [0.5, 0.6) is 0 Å². The molecule has 2 N–H and O–H groups in total. The molecule has 0 heterocycles. The molecule has 2 rings (SSSR count). The van der Waals surface area contributed by atoms with E-state index in [1.165, 1.54) is 11.1 Å². The summed E-state index contributed by atoms with van der Waals surface area (Å²) in [4.78, 5) is 47.9. The number of hydrogen-bond donors (Lipinski definition) is 2. The Labute approximate surface area is 218 Å².